The van der Waals surface area contributed by atoms with Gasteiger partial charge in [-0.3, -0.25) is 9.48 Å². The highest BCUT2D eigenvalue weighted by Crippen LogP contribution is 2.34. The van der Waals surface area contributed by atoms with Crippen LogP contribution in [0.15, 0.2) is 60.7 Å². The summed E-state index contributed by atoms with van der Waals surface area (Å²) in [7, 11) is 1.79. The van der Waals surface area contributed by atoms with Crippen molar-refractivity contribution in [2.24, 2.45) is 7.05 Å². The summed E-state index contributed by atoms with van der Waals surface area (Å²) in [5.41, 5.74) is 2.23. The largest absolute Gasteiger partial charge is 0.385 e. The van der Waals surface area contributed by atoms with Crippen molar-refractivity contribution in [3.63, 3.8) is 0 Å². The van der Waals surface area contributed by atoms with Crippen molar-refractivity contribution < 1.29 is 9.90 Å². The summed E-state index contributed by atoms with van der Waals surface area (Å²) >= 11 is 5.95. The van der Waals surface area contributed by atoms with Crippen molar-refractivity contribution in [3.8, 4) is 11.3 Å². The molecule has 1 aromatic heterocycles. The van der Waals surface area contributed by atoms with E-state index < -0.39 is 5.60 Å². The van der Waals surface area contributed by atoms with Gasteiger partial charge in [-0.25, -0.2) is 0 Å². The van der Waals surface area contributed by atoms with Crippen molar-refractivity contribution in [3.05, 3.63) is 76.9 Å². The number of amides is 1. The number of aliphatic hydroxyl groups is 1. The highest BCUT2D eigenvalue weighted by atomic mass is 35.5. The average Bonchev–Trinajstić information content (AvgIpc) is 3.11. The van der Waals surface area contributed by atoms with Crippen molar-refractivity contribution >= 4 is 17.5 Å². The van der Waals surface area contributed by atoms with Crippen molar-refractivity contribution in [2.75, 3.05) is 13.1 Å². The second-order valence-electron chi connectivity index (χ2n) is 7.24. The first-order valence-electron chi connectivity index (χ1n) is 9.33. The van der Waals surface area contributed by atoms with Crippen molar-refractivity contribution in [2.45, 2.75) is 18.4 Å². The second-order valence-corrected chi connectivity index (χ2v) is 7.67. The van der Waals surface area contributed by atoms with Gasteiger partial charge in [0.15, 0.2) is 0 Å². The van der Waals surface area contributed by atoms with Gasteiger partial charge in [-0.1, -0.05) is 54.1 Å². The molecule has 4 rings (SSSR count). The summed E-state index contributed by atoms with van der Waals surface area (Å²) in [6, 6.07) is 18.9. The van der Waals surface area contributed by atoms with E-state index in [1.807, 2.05) is 48.5 Å². The third-order valence-corrected chi connectivity index (χ3v) is 5.68. The third kappa shape index (κ3) is 3.55. The molecule has 2 aromatic carbocycles. The number of rotatable bonds is 3. The number of aromatic nitrogens is 2. The quantitative estimate of drug-likeness (QED) is 0.732. The van der Waals surface area contributed by atoms with Crippen LogP contribution in [-0.2, 0) is 12.6 Å². The molecule has 144 valence electrons. The zero-order valence-corrected chi connectivity index (χ0v) is 16.4. The van der Waals surface area contributed by atoms with Crippen molar-refractivity contribution in [1.29, 1.82) is 0 Å². The van der Waals surface area contributed by atoms with Gasteiger partial charge in [0.05, 0.1) is 11.3 Å². The Hall–Kier alpha value is -2.63. The number of nitrogens with zero attached hydrogens (tertiary/aromatic N) is 3. The maximum Gasteiger partial charge on any atom is 0.272 e. The Morgan fingerprint density at radius 1 is 1.07 bits per heavy atom. The molecule has 2 heterocycles. The predicted octanol–water partition coefficient (Wildman–Crippen LogP) is 3.86. The first kappa shape index (κ1) is 18.7. The number of carbonyl (C=O) groups is 1. The van der Waals surface area contributed by atoms with E-state index in [0.717, 1.165) is 16.8 Å². The molecule has 1 saturated heterocycles. The summed E-state index contributed by atoms with van der Waals surface area (Å²) in [6.45, 7) is 0.980. The van der Waals surface area contributed by atoms with Crippen LogP contribution in [-0.4, -0.2) is 38.8 Å². The molecule has 0 aliphatic carbocycles. The van der Waals surface area contributed by atoms with Crippen LogP contribution in [0.25, 0.3) is 11.3 Å². The lowest BCUT2D eigenvalue weighted by Gasteiger charge is -2.38. The Kier molecular flexibility index (Phi) is 4.96. The minimum Gasteiger partial charge on any atom is -0.385 e. The van der Waals surface area contributed by atoms with Gasteiger partial charge in [-0.05, 0) is 36.6 Å². The molecule has 0 unspecified atom stereocenters. The van der Waals surface area contributed by atoms with Gasteiger partial charge in [0, 0.05) is 30.7 Å². The molecule has 1 aliphatic rings. The van der Waals surface area contributed by atoms with E-state index in [1.54, 1.807) is 28.8 Å². The number of hydrogen-bond acceptors (Lipinski definition) is 3. The fourth-order valence-electron chi connectivity index (χ4n) is 3.71. The van der Waals surface area contributed by atoms with E-state index in [1.165, 1.54) is 0 Å². The van der Waals surface area contributed by atoms with Gasteiger partial charge >= 0.3 is 0 Å². The standard InChI is InChI=1S/C22H22ClN3O2/c1-25-20(15-19(24-25)16-5-3-2-4-6-16)21(27)26-13-11-22(28,12-14-26)17-7-9-18(23)10-8-17/h2-10,15,28H,11-14H2,1H3. The Labute approximate surface area is 169 Å². The van der Waals surface area contributed by atoms with Crippen LogP contribution in [0.5, 0.6) is 0 Å². The fourth-order valence-corrected chi connectivity index (χ4v) is 3.83. The predicted molar refractivity (Wildman–Crippen MR) is 109 cm³/mol. The topological polar surface area (TPSA) is 58.4 Å². The number of likely N-dealkylation sites (tertiary alicyclic amines) is 1. The van der Waals surface area contributed by atoms with E-state index >= 15 is 0 Å². The SMILES string of the molecule is Cn1nc(-c2ccccc2)cc1C(=O)N1CCC(O)(c2ccc(Cl)cc2)CC1. The lowest BCUT2D eigenvalue weighted by atomic mass is 9.84. The second kappa shape index (κ2) is 7.41. The van der Waals surface area contributed by atoms with Gasteiger partial charge in [-0.15, -0.1) is 0 Å². The number of benzene rings is 2. The Balaban J connectivity index is 1.49. The molecule has 5 nitrogen and oxygen atoms in total. The number of hydrogen-bond donors (Lipinski definition) is 1. The van der Waals surface area contributed by atoms with E-state index in [9.17, 15) is 9.90 Å². The fraction of sp³-hybridized carbons (Fsp3) is 0.273. The first-order valence-corrected chi connectivity index (χ1v) is 9.71. The van der Waals surface area contributed by atoms with E-state index in [0.29, 0.717) is 36.6 Å². The lowest BCUT2D eigenvalue weighted by Crippen LogP contribution is -2.45. The normalized spacial score (nSPS) is 16.2. The van der Waals surface area contributed by atoms with E-state index in [4.69, 9.17) is 11.6 Å². The Bertz CT molecular complexity index is 975. The molecule has 3 aromatic rings. The zero-order chi connectivity index (χ0) is 19.7. The number of aryl methyl sites for hydroxylation is 1. The van der Waals surface area contributed by atoms with Crippen LogP contribution >= 0.6 is 11.6 Å². The highest BCUT2D eigenvalue weighted by Gasteiger charge is 2.36. The van der Waals surface area contributed by atoms with Gasteiger partial charge in [0.1, 0.15) is 5.69 Å². The molecule has 0 radical (unpaired) electrons. The number of carbonyl (C=O) groups excluding carboxylic acids is 1. The number of halogens is 1. The monoisotopic (exact) mass is 395 g/mol. The minimum atomic E-state index is -0.928. The molecule has 1 fully saturated rings. The van der Waals surface area contributed by atoms with Crippen LogP contribution in [0.3, 0.4) is 0 Å². The third-order valence-electron chi connectivity index (χ3n) is 5.43. The molecule has 0 atom stereocenters. The molecule has 1 N–H and O–H groups in total. The molecule has 1 amide bonds. The summed E-state index contributed by atoms with van der Waals surface area (Å²) in [5, 5.41) is 16.1. The van der Waals surface area contributed by atoms with E-state index in [2.05, 4.69) is 5.10 Å². The molecule has 0 saturated carbocycles. The van der Waals surface area contributed by atoms with E-state index in [-0.39, 0.29) is 5.91 Å². The maximum absolute atomic E-state index is 13.0. The molecule has 0 spiro atoms. The lowest BCUT2D eigenvalue weighted by molar-refractivity contribution is -0.0213. The van der Waals surface area contributed by atoms with Crippen LogP contribution in [0.2, 0.25) is 5.02 Å². The van der Waals surface area contributed by atoms with Crippen LogP contribution in [0.1, 0.15) is 28.9 Å². The van der Waals surface area contributed by atoms with Gasteiger partial charge < -0.3 is 10.0 Å². The molecule has 0 bridgehead atoms. The van der Waals surface area contributed by atoms with Crippen molar-refractivity contribution in [1.82, 2.24) is 14.7 Å². The number of piperidine rings is 1. The average molecular weight is 396 g/mol. The van der Waals surface area contributed by atoms with Gasteiger partial charge in [0.25, 0.3) is 5.91 Å². The summed E-state index contributed by atoms with van der Waals surface area (Å²) < 4.78 is 1.63. The summed E-state index contributed by atoms with van der Waals surface area (Å²) in [6.07, 6.45) is 0.980. The maximum atomic E-state index is 13.0. The molecular weight excluding hydrogens is 374 g/mol. The minimum absolute atomic E-state index is 0.0599. The highest BCUT2D eigenvalue weighted by molar-refractivity contribution is 6.30. The molecule has 1 aliphatic heterocycles. The Morgan fingerprint density at radius 2 is 1.71 bits per heavy atom. The van der Waals surface area contributed by atoms with Crippen LogP contribution in [0, 0.1) is 0 Å². The summed E-state index contributed by atoms with van der Waals surface area (Å²) in [4.78, 5) is 14.8. The first-order chi connectivity index (χ1) is 13.5. The molecule has 6 heteroatoms. The summed E-state index contributed by atoms with van der Waals surface area (Å²) in [5.74, 6) is -0.0599. The molecular formula is C22H22ClN3O2. The zero-order valence-electron chi connectivity index (χ0n) is 15.7. The Morgan fingerprint density at radius 3 is 2.36 bits per heavy atom. The van der Waals surface area contributed by atoms with Crippen LogP contribution < -0.4 is 0 Å². The van der Waals surface area contributed by atoms with Gasteiger partial charge in [-0.2, -0.15) is 5.10 Å². The van der Waals surface area contributed by atoms with Gasteiger partial charge in [0.2, 0.25) is 0 Å². The van der Waals surface area contributed by atoms with Crippen LogP contribution in [0.4, 0.5) is 0 Å². The smallest absolute Gasteiger partial charge is 0.272 e. The molecule has 28 heavy (non-hydrogen) atoms.